The van der Waals surface area contributed by atoms with E-state index in [1.807, 2.05) is 0 Å². The summed E-state index contributed by atoms with van der Waals surface area (Å²) in [7, 11) is -4.73. The predicted molar refractivity (Wildman–Crippen MR) is 122 cm³/mol. The number of anilines is 1. The van der Waals surface area contributed by atoms with E-state index in [0.717, 1.165) is 11.3 Å². The van der Waals surface area contributed by atoms with Crippen molar-refractivity contribution in [2.75, 3.05) is 18.9 Å². The molecule has 1 aliphatic heterocycles. The number of amidine groups is 1. The first-order valence-electron chi connectivity index (χ1n) is 9.59. The minimum atomic E-state index is -4.73. The Balaban J connectivity index is 1.61. The third-order valence-corrected chi connectivity index (χ3v) is 6.30. The summed E-state index contributed by atoms with van der Waals surface area (Å²) >= 11 is 1.05. The van der Waals surface area contributed by atoms with E-state index in [1.54, 1.807) is 24.3 Å². The molecule has 0 saturated carbocycles. The monoisotopic (exact) mass is 511 g/mol. The lowest BCUT2D eigenvalue weighted by Crippen LogP contribution is -2.71. The number of carbonyl (C=O) groups is 2. The van der Waals surface area contributed by atoms with E-state index in [0.29, 0.717) is 11.3 Å². The van der Waals surface area contributed by atoms with Crippen LogP contribution in [0.4, 0.5) is 5.13 Å². The van der Waals surface area contributed by atoms with Crippen molar-refractivity contribution in [2.24, 2.45) is 10.9 Å². The fourth-order valence-electron chi connectivity index (χ4n) is 2.95. The van der Waals surface area contributed by atoms with Crippen LogP contribution in [0.15, 0.2) is 34.8 Å². The van der Waals surface area contributed by atoms with E-state index in [4.69, 9.17) is 31.0 Å². The highest BCUT2D eigenvalue weighted by Gasteiger charge is 2.51. The summed E-state index contributed by atoms with van der Waals surface area (Å²) in [6, 6.07) is 4.30. The molecule has 0 bridgehead atoms. The van der Waals surface area contributed by atoms with Crippen LogP contribution < -0.4 is 21.5 Å². The maximum Gasteiger partial charge on any atom is 0.362 e. The topological polar surface area (TPSA) is 223 Å². The molecular formula is C18H21N7O7S2. The number of benzene rings is 1. The van der Waals surface area contributed by atoms with Crippen molar-refractivity contribution in [3.63, 3.8) is 0 Å². The van der Waals surface area contributed by atoms with E-state index in [2.05, 4.69) is 15.5 Å². The van der Waals surface area contributed by atoms with Crippen LogP contribution in [0.2, 0.25) is 0 Å². The van der Waals surface area contributed by atoms with Gasteiger partial charge >= 0.3 is 10.3 Å². The van der Waals surface area contributed by atoms with Gasteiger partial charge in [-0.25, -0.2) is 9.29 Å². The van der Waals surface area contributed by atoms with Gasteiger partial charge < -0.3 is 26.4 Å². The second-order valence-electron chi connectivity index (χ2n) is 6.93. The summed E-state index contributed by atoms with van der Waals surface area (Å²) in [5.41, 5.74) is 11.4. The summed E-state index contributed by atoms with van der Waals surface area (Å²) in [4.78, 5) is 33.9. The summed E-state index contributed by atoms with van der Waals surface area (Å²) in [6.45, 7) is 1.35. The Morgan fingerprint density at radius 1 is 1.35 bits per heavy atom. The molecule has 1 aromatic heterocycles. The lowest BCUT2D eigenvalue weighted by atomic mass is 10.0. The largest absolute Gasteiger partial charge is 0.490 e. The number of nitrogens with one attached hydrogen (secondary N) is 2. The maximum absolute atomic E-state index is 12.7. The highest BCUT2D eigenvalue weighted by atomic mass is 32.2. The number of ether oxygens (including phenoxy) is 1. The highest BCUT2D eigenvalue weighted by molar-refractivity contribution is 7.84. The van der Waals surface area contributed by atoms with Crippen LogP contribution >= 0.6 is 11.3 Å². The molecular weight excluding hydrogens is 490 g/mol. The van der Waals surface area contributed by atoms with Crippen LogP contribution in [-0.2, 0) is 24.7 Å². The summed E-state index contributed by atoms with van der Waals surface area (Å²) in [5, 5.41) is 15.1. The van der Waals surface area contributed by atoms with Crippen molar-refractivity contribution in [1.82, 2.24) is 14.6 Å². The molecule has 2 amide bonds. The standard InChI is InChI=1S/C18H21N7O7S2/c1-9-13(17(27)25(9)34(28,29)30)23-16(26)14(12-8-33-18(21)22-12)24-32-7-6-31-11-4-2-10(3-5-11)15(19)20/h2-5,8-9,13H,6-7H2,1H3,(H3,19,20)(H2,21,22)(H,23,26)(H,28,29,30)/t9-,13-/m0/s1. The van der Waals surface area contributed by atoms with E-state index in [9.17, 15) is 18.0 Å². The van der Waals surface area contributed by atoms with Crippen molar-refractivity contribution in [3.05, 3.63) is 40.9 Å². The molecule has 2 heterocycles. The van der Waals surface area contributed by atoms with Crippen molar-refractivity contribution in [2.45, 2.75) is 19.0 Å². The number of β-lactam (4-membered cyclic amide) rings is 1. The second-order valence-corrected chi connectivity index (χ2v) is 9.11. The average molecular weight is 512 g/mol. The van der Waals surface area contributed by atoms with Gasteiger partial charge in [-0.2, -0.15) is 8.42 Å². The van der Waals surface area contributed by atoms with E-state index >= 15 is 0 Å². The van der Waals surface area contributed by atoms with Crippen molar-refractivity contribution < 1.29 is 32.1 Å². The van der Waals surface area contributed by atoms with E-state index in [-0.39, 0.29) is 39.9 Å². The quantitative estimate of drug-likeness (QED) is 0.0675. The van der Waals surface area contributed by atoms with Gasteiger partial charge in [0.1, 0.15) is 29.9 Å². The smallest absolute Gasteiger partial charge is 0.362 e. The molecule has 3 rings (SSSR count). The lowest BCUT2D eigenvalue weighted by Gasteiger charge is -2.42. The Kier molecular flexibility index (Phi) is 7.33. The molecule has 0 radical (unpaired) electrons. The van der Waals surface area contributed by atoms with Crippen molar-refractivity contribution in [3.8, 4) is 5.75 Å². The van der Waals surface area contributed by atoms with Crippen LogP contribution in [0, 0.1) is 5.41 Å². The molecule has 1 aromatic carbocycles. The number of carbonyl (C=O) groups excluding carboxylic acids is 2. The number of aromatic nitrogens is 1. The van der Waals surface area contributed by atoms with Gasteiger partial charge in [0.05, 0.1) is 6.04 Å². The molecule has 7 N–H and O–H groups in total. The van der Waals surface area contributed by atoms with Gasteiger partial charge in [0, 0.05) is 10.9 Å². The second kappa shape index (κ2) is 10.0. The van der Waals surface area contributed by atoms with E-state index in [1.165, 1.54) is 12.3 Å². The Bertz CT molecular complexity index is 1230. The first-order chi connectivity index (χ1) is 16.0. The first-order valence-corrected chi connectivity index (χ1v) is 11.9. The molecule has 1 aliphatic rings. The fourth-order valence-corrected chi connectivity index (χ4v) is 4.38. The molecule has 0 unspecified atom stereocenters. The number of thiazole rings is 1. The molecule has 1 fully saturated rings. The lowest BCUT2D eigenvalue weighted by molar-refractivity contribution is -0.143. The zero-order valence-electron chi connectivity index (χ0n) is 17.7. The molecule has 0 aliphatic carbocycles. The average Bonchev–Trinajstić information content (AvgIpc) is 3.19. The Morgan fingerprint density at radius 2 is 2.03 bits per heavy atom. The predicted octanol–water partition coefficient (Wildman–Crippen LogP) is -0.673. The number of nitrogen functional groups attached to an aromatic ring is 2. The molecule has 16 heteroatoms. The number of rotatable bonds is 10. The number of nitrogens with two attached hydrogens (primary N) is 2. The molecule has 182 valence electrons. The van der Waals surface area contributed by atoms with Gasteiger partial charge in [-0.1, -0.05) is 5.16 Å². The summed E-state index contributed by atoms with van der Waals surface area (Å²) in [6.07, 6.45) is 0. The number of hydrogen-bond acceptors (Lipinski definition) is 11. The van der Waals surface area contributed by atoms with Crippen LogP contribution in [0.3, 0.4) is 0 Å². The zero-order valence-corrected chi connectivity index (χ0v) is 19.3. The maximum atomic E-state index is 12.7. The van der Waals surface area contributed by atoms with Gasteiger partial charge in [0.25, 0.3) is 11.8 Å². The minimum Gasteiger partial charge on any atom is -0.490 e. The van der Waals surface area contributed by atoms with Crippen LogP contribution in [0.5, 0.6) is 5.75 Å². The number of nitrogens with zero attached hydrogens (tertiary/aromatic N) is 3. The van der Waals surface area contributed by atoms with Gasteiger partial charge in [-0.05, 0) is 31.2 Å². The molecule has 14 nitrogen and oxygen atoms in total. The Labute approximate surface area is 197 Å². The summed E-state index contributed by atoms with van der Waals surface area (Å²) < 4.78 is 37.3. The number of amides is 2. The van der Waals surface area contributed by atoms with Crippen LogP contribution in [0.1, 0.15) is 18.2 Å². The number of hydrogen-bond donors (Lipinski definition) is 5. The minimum absolute atomic E-state index is 0.0554. The Morgan fingerprint density at radius 3 is 2.56 bits per heavy atom. The van der Waals surface area contributed by atoms with Gasteiger partial charge in [-0.15, -0.1) is 11.3 Å². The molecule has 34 heavy (non-hydrogen) atoms. The van der Waals surface area contributed by atoms with Crippen LogP contribution in [0.25, 0.3) is 0 Å². The first kappa shape index (κ1) is 24.9. The van der Waals surface area contributed by atoms with Gasteiger partial charge in [0.15, 0.2) is 17.5 Å². The van der Waals surface area contributed by atoms with Gasteiger partial charge in [0.2, 0.25) is 0 Å². The third-order valence-electron chi connectivity index (χ3n) is 4.61. The van der Waals surface area contributed by atoms with Crippen LogP contribution in [-0.4, -0.2) is 70.9 Å². The molecule has 0 spiro atoms. The van der Waals surface area contributed by atoms with Gasteiger partial charge in [-0.3, -0.25) is 19.6 Å². The normalized spacial score (nSPS) is 18.2. The fraction of sp³-hybridized carbons (Fsp3) is 0.278. The number of oxime groups is 1. The Hall–Kier alpha value is -3.76. The van der Waals surface area contributed by atoms with Crippen molar-refractivity contribution >= 4 is 50.1 Å². The molecule has 1 saturated heterocycles. The SMILES string of the molecule is C[C@H]1[C@H](NC(=O)C(=NOCCOc2ccc(C(=N)N)cc2)c2csc(N)n2)C(=O)N1S(=O)(=O)O. The van der Waals surface area contributed by atoms with E-state index < -0.39 is 34.2 Å². The zero-order chi connectivity index (χ0) is 25.0. The third kappa shape index (κ3) is 5.59. The van der Waals surface area contributed by atoms with Crippen molar-refractivity contribution in [1.29, 1.82) is 5.41 Å². The molecule has 2 atom stereocenters. The summed E-state index contributed by atoms with van der Waals surface area (Å²) in [5.74, 6) is -1.41. The molecule has 2 aromatic rings. The highest BCUT2D eigenvalue weighted by Crippen LogP contribution is 2.23.